The minimum absolute atomic E-state index is 0.0872. The predicted molar refractivity (Wildman–Crippen MR) is 62.1 cm³/mol. The molecule has 0 aliphatic heterocycles. The minimum Gasteiger partial charge on any atom is -0.504 e. The van der Waals surface area contributed by atoms with Gasteiger partial charge in [-0.25, -0.2) is 4.98 Å². The van der Waals surface area contributed by atoms with Crippen molar-refractivity contribution in [2.45, 2.75) is 6.18 Å². The van der Waals surface area contributed by atoms with Gasteiger partial charge in [-0.05, 0) is 24.3 Å². The van der Waals surface area contributed by atoms with E-state index in [4.69, 9.17) is 10.00 Å². The van der Waals surface area contributed by atoms with Crippen LogP contribution in [0.1, 0.15) is 11.3 Å². The molecule has 0 aliphatic carbocycles. The molecule has 0 radical (unpaired) electrons. The van der Waals surface area contributed by atoms with Gasteiger partial charge in [0.25, 0.3) is 0 Å². The predicted octanol–water partition coefficient (Wildman–Crippen LogP) is 3.47. The van der Waals surface area contributed by atoms with Crippen molar-refractivity contribution in [2.24, 2.45) is 0 Å². The van der Waals surface area contributed by atoms with Crippen LogP contribution in [0.3, 0.4) is 0 Å². The highest BCUT2D eigenvalue weighted by molar-refractivity contribution is 5.45. The summed E-state index contributed by atoms with van der Waals surface area (Å²) in [5.74, 6) is -0.866. The van der Waals surface area contributed by atoms with Crippen LogP contribution in [0, 0.1) is 11.3 Å². The van der Waals surface area contributed by atoms with E-state index in [9.17, 15) is 18.3 Å². The van der Waals surface area contributed by atoms with E-state index >= 15 is 0 Å². The Hall–Kier alpha value is -2.75. The lowest BCUT2D eigenvalue weighted by Gasteiger charge is -2.10. The number of pyridine rings is 1. The van der Waals surface area contributed by atoms with Gasteiger partial charge in [0.05, 0.1) is 0 Å². The molecule has 1 aromatic carbocycles. The van der Waals surface area contributed by atoms with Gasteiger partial charge in [0, 0.05) is 0 Å². The second-order valence-corrected chi connectivity index (χ2v) is 3.73. The molecule has 0 bridgehead atoms. The van der Waals surface area contributed by atoms with E-state index in [-0.39, 0.29) is 17.1 Å². The molecule has 0 amide bonds. The zero-order valence-corrected chi connectivity index (χ0v) is 9.85. The van der Waals surface area contributed by atoms with Crippen LogP contribution in [-0.2, 0) is 6.18 Å². The van der Waals surface area contributed by atoms with E-state index in [0.717, 1.165) is 6.07 Å². The number of ether oxygens (including phenoxy) is 1. The van der Waals surface area contributed by atoms with Crippen LogP contribution in [0.15, 0.2) is 36.4 Å². The van der Waals surface area contributed by atoms with Crippen molar-refractivity contribution in [3.05, 3.63) is 47.7 Å². The van der Waals surface area contributed by atoms with Gasteiger partial charge in [-0.2, -0.15) is 18.4 Å². The van der Waals surface area contributed by atoms with Crippen LogP contribution in [0.5, 0.6) is 17.4 Å². The number of halogens is 3. The molecule has 0 atom stereocenters. The molecule has 0 saturated carbocycles. The summed E-state index contributed by atoms with van der Waals surface area (Å²) < 4.78 is 42.8. The van der Waals surface area contributed by atoms with Gasteiger partial charge < -0.3 is 9.84 Å². The van der Waals surface area contributed by atoms with E-state index in [2.05, 4.69) is 4.98 Å². The van der Waals surface area contributed by atoms with Crippen molar-refractivity contribution in [1.82, 2.24) is 4.98 Å². The third-order valence-corrected chi connectivity index (χ3v) is 2.34. The fourth-order valence-electron chi connectivity index (χ4n) is 1.41. The summed E-state index contributed by atoms with van der Waals surface area (Å²) in [4.78, 5) is 3.27. The summed E-state index contributed by atoms with van der Waals surface area (Å²) in [6, 6.07) is 9.02. The molecule has 4 nitrogen and oxygen atoms in total. The molecule has 102 valence electrons. The first kappa shape index (κ1) is 13.7. The largest absolute Gasteiger partial charge is 0.504 e. The third-order valence-electron chi connectivity index (χ3n) is 2.34. The summed E-state index contributed by atoms with van der Waals surface area (Å²) in [6.07, 6.45) is -4.65. The van der Waals surface area contributed by atoms with Gasteiger partial charge in [-0.1, -0.05) is 12.1 Å². The molecule has 1 heterocycles. The molecule has 0 spiro atoms. The molecule has 0 fully saturated rings. The summed E-state index contributed by atoms with van der Waals surface area (Å²) in [5.41, 5.74) is -1.34. The second-order valence-electron chi connectivity index (χ2n) is 3.73. The highest BCUT2D eigenvalue weighted by Gasteiger charge is 2.33. The quantitative estimate of drug-likeness (QED) is 0.914. The first-order chi connectivity index (χ1) is 9.41. The molecule has 0 aliphatic rings. The van der Waals surface area contributed by atoms with Crippen molar-refractivity contribution in [2.75, 3.05) is 0 Å². The van der Waals surface area contributed by atoms with Gasteiger partial charge in [0.15, 0.2) is 11.5 Å². The van der Waals surface area contributed by atoms with Gasteiger partial charge >= 0.3 is 6.18 Å². The Kier molecular flexibility index (Phi) is 3.48. The number of phenols is 1. The summed E-state index contributed by atoms with van der Waals surface area (Å²) in [6.45, 7) is 0. The molecule has 2 aromatic rings. The van der Waals surface area contributed by atoms with Crippen LogP contribution in [0.4, 0.5) is 13.2 Å². The minimum atomic E-state index is -4.65. The molecule has 0 unspecified atom stereocenters. The first-order valence-corrected chi connectivity index (χ1v) is 5.36. The summed E-state index contributed by atoms with van der Waals surface area (Å²) in [7, 11) is 0. The number of para-hydroxylation sites is 2. The van der Waals surface area contributed by atoms with Crippen LogP contribution >= 0.6 is 0 Å². The molecule has 20 heavy (non-hydrogen) atoms. The lowest BCUT2D eigenvalue weighted by Crippen LogP contribution is -2.09. The van der Waals surface area contributed by atoms with Gasteiger partial charge in [0.1, 0.15) is 17.3 Å². The topological polar surface area (TPSA) is 66.1 Å². The molecular weight excluding hydrogens is 273 g/mol. The van der Waals surface area contributed by atoms with Crippen molar-refractivity contribution in [3.63, 3.8) is 0 Å². The lowest BCUT2D eigenvalue weighted by molar-refractivity contribution is -0.141. The summed E-state index contributed by atoms with van der Waals surface area (Å²) >= 11 is 0. The molecule has 1 N–H and O–H groups in total. The van der Waals surface area contributed by atoms with Crippen molar-refractivity contribution < 1.29 is 23.0 Å². The molecule has 7 heteroatoms. The Morgan fingerprint density at radius 2 is 1.85 bits per heavy atom. The number of hydrogen-bond acceptors (Lipinski definition) is 4. The van der Waals surface area contributed by atoms with E-state index in [0.29, 0.717) is 6.07 Å². The Morgan fingerprint density at radius 3 is 2.45 bits per heavy atom. The maximum Gasteiger partial charge on any atom is 0.433 e. The summed E-state index contributed by atoms with van der Waals surface area (Å²) in [5, 5.41) is 18.4. The number of hydrogen-bond donors (Lipinski definition) is 1. The van der Waals surface area contributed by atoms with Crippen LogP contribution < -0.4 is 4.74 Å². The number of nitrogens with zero attached hydrogens (tertiary/aromatic N) is 2. The normalized spacial score (nSPS) is 10.9. The number of aromatic hydroxyl groups is 1. The molecular formula is C13H7F3N2O2. The Bertz CT molecular complexity index is 678. The zero-order valence-electron chi connectivity index (χ0n) is 9.85. The van der Waals surface area contributed by atoms with E-state index in [1.165, 1.54) is 24.3 Å². The number of alkyl halides is 3. The average molecular weight is 280 g/mol. The van der Waals surface area contributed by atoms with Crippen LogP contribution in [-0.4, -0.2) is 10.1 Å². The maximum absolute atomic E-state index is 12.6. The van der Waals surface area contributed by atoms with E-state index in [1.54, 1.807) is 6.07 Å². The van der Waals surface area contributed by atoms with E-state index in [1.807, 2.05) is 0 Å². The Morgan fingerprint density at radius 1 is 1.15 bits per heavy atom. The Balaban J connectivity index is 2.45. The molecule has 2 rings (SSSR count). The van der Waals surface area contributed by atoms with Gasteiger partial charge in [-0.15, -0.1) is 0 Å². The number of benzene rings is 1. The fourth-order valence-corrected chi connectivity index (χ4v) is 1.41. The Labute approximate surface area is 111 Å². The highest BCUT2D eigenvalue weighted by atomic mass is 19.4. The third kappa shape index (κ3) is 2.80. The number of aromatic nitrogens is 1. The van der Waals surface area contributed by atoms with Crippen molar-refractivity contribution in [3.8, 4) is 23.4 Å². The van der Waals surface area contributed by atoms with Crippen molar-refractivity contribution >= 4 is 0 Å². The smallest absolute Gasteiger partial charge is 0.433 e. The molecule has 1 aromatic heterocycles. The van der Waals surface area contributed by atoms with Crippen LogP contribution in [0.25, 0.3) is 0 Å². The van der Waals surface area contributed by atoms with Crippen LogP contribution in [0.2, 0.25) is 0 Å². The fraction of sp³-hybridized carbons (Fsp3) is 0.0769. The van der Waals surface area contributed by atoms with Gasteiger partial charge in [0.2, 0.25) is 5.88 Å². The SMILES string of the molecule is N#Cc1ccc(C(F)(F)F)nc1Oc1ccccc1O. The maximum atomic E-state index is 12.6. The highest BCUT2D eigenvalue weighted by Crippen LogP contribution is 2.34. The first-order valence-electron chi connectivity index (χ1n) is 5.36. The van der Waals surface area contributed by atoms with E-state index < -0.39 is 17.8 Å². The number of rotatable bonds is 2. The number of nitriles is 1. The second kappa shape index (κ2) is 5.09. The lowest BCUT2D eigenvalue weighted by atomic mass is 10.2. The number of phenolic OH excluding ortho intramolecular Hbond substituents is 1. The monoisotopic (exact) mass is 280 g/mol. The zero-order chi connectivity index (χ0) is 14.8. The van der Waals surface area contributed by atoms with Gasteiger partial charge in [-0.3, -0.25) is 0 Å². The molecule has 0 saturated heterocycles. The van der Waals surface area contributed by atoms with Crippen molar-refractivity contribution in [1.29, 1.82) is 5.26 Å². The standard InChI is InChI=1S/C13H7F3N2O2/c14-13(15,16)11-6-5-8(7-17)12(18-11)20-10-4-2-1-3-9(10)19/h1-6,19H. The average Bonchev–Trinajstić information content (AvgIpc) is 2.40.